The van der Waals surface area contributed by atoms with Crippen LogP contribution in [0.4, 0.5) is 13.2 Å². The zero-order valence-corrected chi connectivity index (χ0v) is 24.5. The number of fused-ring (bicyclic) bond motifs is 2. The standard InChI is InChI=1S/C27H28F3IN4O2S/c1-5-34(9-7-31)13-18-14(2)33-20(27(28,29)30)11-17(18)16-6-8-32-19-10-15(38-23(16)19)12-35-24(36)21-22(25(35)37)26(21,3)4/h6,8,10-11,21-22H,5,7,9,12-13H2,1-4H3. The Balaban J connectivity index is 1.56. The van der Waals surface area contributed by atoms with Gasteiger partial charge in [0.15, 0.2) is 0 Å². The van der Waals surface area contributed by atoms with Crippen LogP contribution in [0.3, 0.4) is 0 Å². The van der Waals surface area contributed by atoms with E-state index in [9.17, 15) is 22.8 Å². The van der Waals surface area contributed by atoms with Crippen LogP contribution in [0.1, 0.15) is 42.6 Å². The van der Waals surface area contributed by atoms with Crippen molar-refractivity contribution in [2.75, 3.05) is 17.5 Å². The molecule has 0 bridgehead atoms. The molecule has 5 rings (SSSR count). The number of amides is 2. The van der Waals surface area contributed by atoms with Crippen molar-refractivity contribution in [3.05, 3.63) is 46.2 Å². The van der Waals surface area contributed by atoms with Crippen molar-refractivity contribution < 1.29 is 22.8 Å². The number of carbonyl (C=O) groups excluding carboxylic acids is 2. The maximum atomic E-state index is 13.8. The van der Waals surface area contributed by atoms with E-state index in [4.69, 9.17) is 0 Å². The summed E-state index contributed by atoms with van der Waals surface area (Å²) in [5.74, 6) is -0.810. The largest absolute Gasteiger partial charge is 0.433 e. The Bertz CT molecular complexity index is 1410. The first kappa shape index (κ1) is 27.4. The molecule has 1 saturated carbocycles. The number of halogens is 4. The second kappa shape index (κ2) is 9.81. The van der Waals surface area contributed by atoms with E-state index in [2.05, 4.69) is 37.5 Å². The molecule has 1 aliphatic heterocycles. The van der Waals surface area contributed by atoms with Gasteiger partial charge in [-0.2, -0.15) is 13.2 Å². The Hall–Kier alpha value is -2.12. The number of hydrogen-bond donors (Lipinski definition) is 0. The van der Waals surface area contributed by atoms with E-state index in [1.807, 2.05) is 26.8 Å². The number of rotatable bonds is 8. The number of nitrogens with zero attached hydrogens (tertiary/aromatic N) is 4. The van der Waals surface area contributed by atoms with Gasteiger partial charge >= 0.3 is 6.18 Å². The van der Waals surface area contributed by atoms with E-state index < -0.39 is 11.9 Å². The summed E-state index contributed by atoms with van der Waals surface area (Å²) in [4.78, 5) is 38.4. The molecule has 38 heavy (non-hydrogen) atoms. The fourth-order valence-electron chi connectivity index (χ4n) is 5.57. The first-order valence-electron chi connectivity index (χ1n) is 12.5. The highest BCUT2D eigenvalue weighted by Crippen LogP contribution is 2.63. The number of pyridine rings is 2. The molecule has 11 heteroatoms. The maximum Gasteiger partial charge on any atom is 0.433 e. The molecule has 3 aromatic heterocycles. The second-order valence-corrected chi connectivity index (χ2v) is 12.7. The van der Waals surface area contributed by atoms with Crippen molar-refractivity contribution in [3.8, 4) is 11.1 Å². The van der Waals surface area contributed by atoms with Gasteiger partial charge in [0.1, 0.15) is 5.69 Å². The lowest BCUT2D eigenvalue weighted by atomic mass is 9.97. The monoisotopic (exact) mass is 656 g/mol. The molecule has 2 unspecified atom stereocenters. The van der Waals surface area contributed by atoms with Crippen molar-refractivity contribution in [2.24, 2.45) is 17.3 Å². The first-order valence-corrected chi connectivity index (χ1v) is 14.8. The number of alkyl halides is 4. The highest BCUT2D eigenvalue weighted by atomic mass is 127. The quantitative estimate of drug-likeness (QED) is 0.167. The van der Waals surface area contributed by atoms with Crippen LogP contribution in [0.25, 0.3) is 21.3 Å². The van der Waals surface area contributed by atoms with Crippen molar-refractivity contribution in [3.63, 3.8) is 0 Å². The van der Waals surface area contributed by atoms with Gasteiger partial charge in [0.05, 0.1) is 28.6 Å². The molecule has 3 aromatic rings. The van der Waals surface area contributed by atoms with Crippen LogP contribution >= 0.6 is 33.9 Å². The van der Waals surface area contributed by atoms with Gasteiger partial charge in [-0.25, -0.2) is 4.98 Å². The molecular formula is C27H28F3IN4O2S. The maximum absolute atomic E-state index is 13.8. The fourth-order valence-corrected chi connectivity index (χ4v) is 7.38. The Labute approximate surface area is 236 Å². The molecule has 0 aromatic carbocycles. The Morgan fingerprint density at radius 3 is 2.45 bits per heavy atom. The summed E-state index contributed by atoms with van der Waals surface area (Å²) >= 11 is 3.65. The SMILES string of the molecule is CCN(CCI)Cc1c(-c2ccnc3cc(CN4C(=O)C5C(C4=O)C5(C)C)sc23)cc(C(F)(F)F)nc1C. The van der Waals surface area contributed by atoms with Crippen LogP contribution in [0.2, 0.25) is 0 Å². The van der Waals surface area contributed by atoms with Crippen molar-refractivity contribution in [1.82, 2.24) is 19.8 Å². The highest BCUT2D eigenvalue weighted by Gasteiger charge is 2.72. The lowest BCUT2D eigenvalue weighted by Crippen LogP contribution is -2.35. The van der Waals surface area contributed by atoms with Crippen molar-refractivity contribution in [1.29, 1.82) is 0 Å². The average molecular weight is 657 g/mol. The number of aryl methyl sites for hydroxylation is 1. The Kier molecular flexibility index (Phi) is 7.09. The summed E-state index contributed by atoms with van der Waals surface area (Å²) in [6.45, 7) is 9.72. The highest BCUT2D eigenvalue weighted by molar-refractivity contribution is 14.1. The minimum Gasteiger partial charge on any atom is -0.299 e. The lowest BCUT2D eigenvalue weighted by molar-refractivity contribution is -0.144. The average Bonchev–Trinajstić information content (AvgIpc) is 3.10. The number of hydrogen-bond acceptors (Lipinski definition) is 6. The molecule has 1 saturated heterocycles. The van der Waals surface area contributed by atoms with Crippen LogP contribution < -0.4 is 0 Å². The molecule has 0 radical (unpaired) electrons. The van der Waals surface area contributed by atoms with E-state index in [1.165, 1.54) is 16.2 Å². The first-order chi connectivity index (χ1) is 17.9. The van der Waals surface area contributed by atoms with Gasteiger partial charge in [0.2, 0.25) is 11.8 Å². The van der Waals surface area contributed by atoms with Crippen molar-refractivity contribution >= 4 is 56.0 Å². The summed E-state index contributed by atoms with van der Waals surface area (Å²) in [7, 11) is 0. The molecule has 6 nitrogen and oxygen atoms in total. The molecule has 202 valence electrons. The molecule has 2 fully saturated rings. The molecule has 2 atom stereocenters. The summed E-state index contributed by atoms with van der Waals surface area (Å²) < 4.78 is 43.0. The zero-order valence-electron chi connectivity index (χ0n) is 21.5. The second-order valence-electron chi connectivity index (χ2n) is 10.5. The van der Waals surface area contributed by atoms with Crippen LogP contribution in [-0.4, -0.2) is 49.1 Å². The summed E-state index contributed by atoms with van der Waals surface area (Å²) in [5.41, 5.74) is 1.63. The summed E-state index contributed by atoms with van der Waals surface area (Å²) in [6.07, 6.45) is -2.99. The van der Waals surface area contributed by atoms with Crippen LogP contribution in [0.15, 0.2) is 24.4 Å². The topological polar surface area (TPSA) is 66.4 Å². The van der Waals surface area contributed by atoms with Crippen molar-refractivity contribution in [2.45, 2.75) is 47.0 Å². The van der Waals surface area contributed by atoms with Gasteiger partial charge in [-0.3, -0.25) is 24.4 Å². The van der Waals surface area contributed by atoms with Gasteiger partial charge in [0.25, 0.3) is 0 Å². The number of aromatic nitrogens is 2. The smallest absolute Gasteiger partial charge is 0.299 e. The lowest BCUT2D eigenvalue weighted by Gasteiger charge is -2.23. The van der Waals surface area contributed by atoms with E-state index in [0.717, 1.165) is 38.7 Å². The third-order valence-electron chi connectivity index (χ3n) is 7.81. The third-order valence-corrected chi connectivity index (χ3v) is 9.43. The van der Waals surface area contributed by atoms with Gasteiger partial charge in [-0.15, -0.1) is 11.3 Å². The van der Waals surface area contributed by atoms with Crippen LogP contribution in [-0.2, 0) is 28.9 Å². The van der Waals surface area contributed by atoms with E-state index in [0.29, 0.717) is 28.9 Å². The van der Waals surface area contributed by atoms with Crippen LogP contribution in [0.5, 0.6) is 0 Å². The van der Waals surface area contributed by atoms with Gasteiger partial charge in [-0.1, -0.05) is 43.4 Å². The summed E-state index contributed by atoms with van der Waals surface area (Å²) in [5, 5.41) is 0. The Morgan fingerprint density at radius 2 is 1.84 bits per heavy atom. The van der Waals surface area contributed by atoms with Gasteiger partial charge in [-0.05, 0) is 48.2 Å². The van der Waals surface area contributed by atoms with E-state index >= 15 is 0 Å². The third kappa shape index (κ3) is 4.64. The number of thiophene rings is 1. The predicted octanol–water partition coefficient (Wildman–Crippen LogP) is 6.08. The molecular weight excluding hydrogens is 628 g/mol. The molecule has 0 N–H and O–H groups in total. The van der Waals surface area contributed by atoms with Gasteiger partial charge in [0, 0.05) is 39.8 Å². The normalized spacial score (nSPS) is 20.6. The molecule has 0 spiro atoms. The fraction of sp³-hybridized carbons (Fsp3) is 0.481. The zero-order chi connectivity index (χ0) is 27.6. The minimum atomic E-state index is -4.58. The van der Waals surface area contributed by atoms with E-state index in [-0.39, 0.29) is 35.6 Å². The van der Waals surface area contributed by atoms with Crippen LogP contribution in [0, 0.1) is 24.2 Å². The number of likely N-dealkylation sites (tertiary alicyclic amines) is 1. The molecule has 1 aliphatic carbocycles. The Morgan fingerprint density at radius 1 is 1.16 bits per heavy atom. The molecule has 2 amide bonds. The van der Waals surface area contributed by atoms with E-state index in [1.54, 1.807) is 19.2 Å². The molecule has 4 heterocycles. The number of piperidine rings is 1. The predicted molar refractivity (Wildman–Crippen MR) is 149 cm³/mol. The number of carbonyl (C=O) groups is 2. The minimum absolute atomic E-state index is 0.146. The van der Waals surface area contributed by atoms with Gasteiger partial charge < -0.3 is 0 Å². The molecule has 2 aliphatic rings. The summed E-state index contributed by atoms with van der Waals surface area (Å²) in [6, 6.07) is 4.70. The number of imide groups is 1.